The predicted octanol–water partition coefficient (Wildman–Crippen LogP) is 2.53. The predicted molar refractivity (Wildman–Crippen MR) is 105 cm³/mol. The largest absolute Gasteiger partial charge is 0.339 e. The number of piperazine rings is 1. The molecule has 7 heteroatoms. The molecule has 0 bridgehead atoms. The van der Waals surface area contributed by atoms with Gasteiger partial charge in [-0.05, 0) is 36.1 Å². The Balaban J connectivity index is 1.40. The van der Waals surface area contributed by atoms with Crippen molar-refractivity contribution in [3.63, 3.8) is 0 Å². The van der Waals surface area contributed by atoms with Crippen LogP contribution in [0.3, 0.4) is 0 Å². The number of hydrogen-bond acceptors (Lipinski definition) is 3. The number of carbonyl (C=O) groups is 1. The van der Waals surface area contributed by atoms with Crippen LogP contribution in [0.15, 0.2) is 54.6 Å². The summed E-state index contributed by atoms with van der Waals surface area (Å²) in [6.07, 6.45) is 1.51. The molecule has 2 fully saturated rings. The first-order valence-corrected chi connectivity index (χ1v) is 11.1. The first-order chi connectivity index (χ1) is 13.4. The lowest BCUT2D eigenvalue weighted by atomic mass is 9.94. The van der Waals surface area contributed by atoms with E-state index in [-0.39, 0.29) is 17.5 Å². The number of carbonyl (C=O) groups excluding carboxylic acids is 1. The topological polar surface area (TPSA) is 57.7 Å². The Bertz CT molecular complexity index is 949. The smallest absolute Gasteiger partial charge is 0.233 e. The van der Waals surface area contributed by atoms with Gasteiger partial charge in [0.15, 0.2) is 0 Å². The molecule has 0 N–H and O–H groups in total. The fourth-order valence-electron chi connectivity index (χ4n) is 3.87. The Morgan fingerprint density at radius 2 is 1.54 bits per heavy atom. The average molecular weight is 402 g/mol. The second kappa shape index (κ2) is 7.29. The summed E-state index contributed by atoms with van der Waals surface area (Å²) in [5.74, 6) is -0.315. The van der Waals surface area contributed by atoms with E-state index in [0.717, 1.165) is 24.0 Å². The monoisotopic (exact) mass is 402 g/mol. The zero-order valence-corrected chi connectivity index (χ0v) is 16.4. The Kier molecular flexibility index (Phi) is 4.97. The number of rotatable bonds is 5. The van der Waals surface area contributed by atoms with Crippen molar-refractivity contribution in [2.45, 2.75) is 24.0 Å². The van der Waals surface area contributed by atoms with Crippen LogP contribution in [-0.4, -0.2) is 49.7 Å². The van der Waals surface area contributed by atoms with E-state index in [1.165, 1.54) is 16.4 Å². The molecule has 0 radical (unpaired) electrons. The minimum Gasteiger partial charge on any atom is -0.339 e. The number of hydrogen-bond donors (Lipinski definition) is 0. The zero-order chi connectivity index (χ0) is 19.8. The van der Waals surface area contributed by atoms with Crippen LogP contribution >= 0.6 is 0 Å². The van der Waals surface area contributed by atoms with E-state index in [4.69, 9.17) is 0 Å². The molecule has 28 heavy (non-hydrogen) atoms. The molecule has 2 aromatic rings. The van der Waals surface area contributed by atoms with Crippen LogP contribution in [0, 0.1) is 5.82 Å². The molecule has 2 aromatic carbocycles. The van der Waals surface area contributed by atoms with Crippen LogP contribution in [-0.2, 0) is 26.0 Å². The Morgan fingerprint density at radius 1 is 0.929 bits per heavy atom. The van der Waals surface area contributed by atoms with Gasteiger partial charge >= 0.3 is 0 Å². The highest BCUT2D eigenvalue weighted by Gasteiger charge is 2.53. The van der Waals surface area contributed by atoms with Gasteiger partial charge in [-0.2, -0.15) is 4.31 Å². The van der Waals surface area contributed by atoms with Crippen molar-refractivity contribution in [1.82, 2.24) is 9.21 Å². The van der Waals surface area contributed by atoms with Crippen molar-refractivity contribution < 1.29 is 17.6 Å². The SMILES string of the molecule is O=C(N1CCN(S(=O)(=O)Cc2ccccc2)CC1)C1(c2ccc(F)cc2)CC1. The van der Waals surface area contributed by atoms with Crippen LogP contribution in [0.1, 0.15) is 24.0 Å². The summed E-state index contributed by atoms with van der Waals surface area (Å²) in [6, 6.07) is 15.2. The Hall–Kier alpha value is -2.25. The molecule has 1 aliphatic heterocycles. The first-order valence-electron chi connectivity index (χ1n) is 9.48. The normalized spacial score (nSPS) is 19.4. The molecule has 1 saturated carbocycles. The fraction of sp³-hybridized carbons (Fsp3) is 0.381. The van der Waals surface area contributed by atoms with Gasteiger partial charge in [-0.15, -0.1) is 0 Å². The highest BCUT2D eigenvalue weighted by atomic mass is 32.2. The van der Waals surface area contributed by atoms with Crippen molar-refractivity contribution in [2.24, 2.45) is 0 Å². The quantitative estimate of drug-likeness (QED) is 0.772. The minimum atomic E-state index is -3.41. The third-order valence-electron chi connectivity index (χ3n) is 5.67. The van der Waals surface area contributed by atoms with Gasteiger partial charge in [0.1, 0.15) is 5.82 Å². The lowest BCUT2D eigenvalue weighted by molar-refractivity contribution is -0.135. The Morgan fingerprint density at radius 3 is 2.11 bits per heavy atom. The molecule has 2 aliphatic rings. The molecule has 1 heterocycles. The standard InChI is InChI=1S/C21H23FN2O3S/c22-19-8-6-18(7-9-19)21(10-11-21)20(25)23-12-14-24(15-13-23)28(26,27)16-17-4-2-1-3-5-17/h1-9H,10-16H2. The van der Waals surface area contributed by atoms with Crippen LogP contribution < -0.4 is 0 Å². The number of nitrogens with zero attached hydrogens (tertiary/aromatic N) is 2. The fourth-order valence-corrected chi connectivity index (χ4v) is 5.38. The summed E-state index contributed by atoms with van der Waals surface area (Å²) >= 11 is 0. The van der Waals surface area contributed by atoms with Crippen molar-refractivity contribution in [2.75, 3.05) is 26.2 Å². The van der Waals surface area contributed by atoms with Crippen molar-refractivity contribution >= 4 is 15.9 Å². The van der Waals surface area contributed by atoms with Gasteiger partial charge < -0.3 is 4.90 Å². The summed E-state index contributed by atoms with van der Waals surface area (Å²) < 4.78 is 40.0. The van der Waals surface area contributed by atoms with Gasteiger partial charge in [-0.25, -0.2) is 12.8 Å². The molecule has 0 atom stereocenters. The summed E-state index contributed by atoms with van der Waals surface area (Å²) in [5, 5.41) is 0. The molecule has 1 saturated heterocycles. The van der Waals surface area contributed by atoms with Crippen molar-refractivity contribution in [1.29, 1.82) is 0 Å². The van der Waals surface area contributed by atoms with Crippen LogP contribution in [0.5, 0.6) is 0 Å². The van der Waals surface area contributed by atoms with E-state index in [0.29, 0.717) is 26.2 Å². The molecular formula is C21H23FN2O3S. The molecule has 0 spiro atoms. The summed E-state index contributed by atoms with van der Waals surface area (Å²) in [6.45, 7) is 1.38. The van der Waals surface area contributed by atoms with Crippen molar-refractivity contribution in [3.8, 4) is 0 Å². The van der Waals surface area contributed by atoms with E-state index in [9.17, 15) is 17.6 Å². The van der Waals surface area contributed by atoms with E-state index in [1.54, 1.807) is 29.2 Å². The Labute approximate surface area is 164 Å². The molecule has 148 valence electrons. The third kappa shape index (κ3) is 3.69. The average Bonchev–Trinajstić information content (AvgIpc) is 3.50. The van der Waals surface area contributed by atoms with Gasteiger partial charge in [0, 0.05) is 26.2 Å². The number of benzene rings is 2. The van der Waals surface area contributed by atoms with Gasteiger partial charge in [-0.1, -0.05) is 42.5 Å². The van der Waals surface area contributed by atoms with Gasteiger partial charge in [0.25, 0.3) is 0 Å². The highest BCUT2D eigenvalue weighted by molar-refractivity contribution is 7.88. The molecule has 0 unspecified atom stereocenters. The van der Waals surface area contributed by atoms with Crippen LogP contribution in [0.25, 0.3) is 0 Å². The number of halogens is 1. The van der Waals surface area contributed by atoms with Crippen LogP contribution in [0.4, 0.5) is 4.39 Å². The lowest BCUT2D eigenvalue weighted by Gasteiger charge is -2.36. The van der Waals surface area contributed by atoms with Crippen LogP contribution in [0.2, 0.25) is 0 Å². The van der Waals surface area contributed by atoms with E-state index in [1.807, 2.05) is 18.2 Å². The zero-order valence-electron chi connectivity index (χ0n) is 15.6. The molecule has 4 rings (SSSR count). The maximum absolute atomic E-state index is 13.2. The van der Waals surface area contributed by atoms with E-state index in [2.05, 4.69) is 0 Å². The van der Waals surface area contributed by atoms with Crippen molar-refractivity contribution in [3.05, 3.63) is 71.5 Å². The molecule has 0 aromatic heterocycles. The maximum atomic E-state index is 13.2. The second-order valence-electron chi connectivity index (χ2n) is 7.52. The maximum Gasteiger partial charge on any atom is 0.233 e. The first kappa shape index (κ1) is 19.1. The lowest BCUT2D eigenvalue weighted by Crippen LogP contribution is -2.53. The summed E-state index contributed by atoms with van der Waals surface area (Å²) in [5.41, 5.74) is 1.05. The molecule has 5 nitrogen and oxygen atoms in total. The third-order valence-corrected chi connectivity index (χ3v) is 7.52. The van der Waals surface area contributed by atoms with E-state index < -0.39 is 15.4 Å². The summed E-state index contributed by atoms with van der Waals surface area (Å²) in [4.78, 5) is 14.8. The highest BCUT2D eigenvalue weighted by Crippen LogP contribution is 2.49. The molecule has 1 aliphatic carbocycles. The number of sulfonamides is 1. The van der Waals surface area contributed by atoms with Gasteiger partial charge in [-0.3, -0.25) is 4.79 Å². The van der Waals surface area contributed by atoms with Gasteiger partial charge in [0.05, 0.1) is 11.2 Å². The summed E-state index contributed by atoms with van der Waals surface area (Å²) in [7, 11) is -3.41. The number of amides is 1. The minimum absolute atomic E-state index is 0.0265. The molecule has 1 amide bonds. The second-order valence-corrected chi connectivity index (χ2v) is 9.49. The molecular weight excluding hydrogens is 379 g/mol. The van der Waals surface area contributed by atoms with Gasteiger partial charge in [0.2, 0.25) is 15.9 Å². The van der Waals surface area contributed by atoms with E-state index >= 15 is 0 Å².